The summed E-state index contributed by atoms with van der Waals surface area (Å²) in [5.74, 6) is 1.52. The monoisotopic (exact) mass is 356 g/mol. The van der Waals surface area contributed by atoms with E-state index in [9.17, 15) is 4.21 Å². The Morgan fingerprint density at radius 3 is 2.96 bits per heavy atom. The Morgan fingerprint density at radius 2 is 2.30 bits per heavy atom. The number of hydrogen-bond donors (Lipinski definition) is 2. The number of hydrogen-bond acceptors (Lipinski definition) is 3. The van der Waals surface area contributed by atoms with Gasteiger partial charge in [0.05, 0.1) is 0 Å². The molecule has 0 radical (unpaired) electrons. The molecule has 1 aliphatic rings. The average molecular weight is 357 g/mol. The second-order valence-electron chi connectivity index (χ2n) is 5.71. The molecule has 1 aromatic heterocycles. The van der Waals surface area contributed by atoms with Crippen LogP contribution in [-0.4, -0.2) is 39.2 Å². The number of pyridine rings is 1. The Bertz CT molecular complexity index is 550. The van der Waals surface area contributed by atoms with Gasteiger partial charge in [-0.3, -0.25) is 9.20 Å². The molecule has 5 nitrogen and oxygen atoms in total. The minimum Gasteiger partial charge on any atom is -0.354 e. The number of aromatic nitrogens is 1. The van der Waals surface area contributed by atoms with Crippen LogP contribution in [0.4, 0.5) is 0 Å². The summed E-state index contributed by atoms with van der Waals surface area (Å²) >= 11 is 5.79. The van der Waals surface area contributed by atoms with Crippen LogP contribution in [0.2, 0.25) is 5.15 Å². The lowest BCUT2D eigenvalue weighted by Crippen LogP contribution is -2.46. The fourth-order valence-electron chi connectivity index (χ4n) is 2.84. The van der Waals surface area contributed by atoms with E-state index >= 15 is 0 Å². The van der Waals surface area contributed by atoms with Crippen LogP contribution in [0.3, 0.4) is 0 Å². The standard InChI is InChI=1S/C16H25ClN4OS/c1-3-23(22)14-6-4-5-13(9-14)21-16(18-2)20-11-12-7-8-15(17)19-10-12/h7-8,10,13-14H,3-6,9,11H2,1-2H3,(H2,18,20,21). The molecule has 0 bridgehead atoms. The number of rotatable bonds is 5. The van der Waals surface area contributed by atoms with Crippen LogP contribution < -0.4 is 10.6 Å². The number of halogens is 1. The first-order valence-electron chi connectivity index (χ1n) is 8.07. The van der Waals surface area contributed by atoms with Crippen molar-refractivity contribution in [2.45, 2.75) is 50.4 Å². The van der Waals surface area contributed by atoms with Gasteiger partial charge in [-0.1, -0.05) is 31.0 Å². The lowest BCUT2D eigenvalue weighted by atomic mass is 9.95. The van der Waals surface area contributed by atoms with Crippen LogP contribution in [-0.2, 0) is 17.3 Å². The van der Waals surface area contributed by atoms with E-state index in [1.165, 1.54) is 0 Å². The zero-order valence-corrected chi connectivity index (χ0v) is 15.3. The zero-order chi connectivity index (χ0) is 16.7. The second kappa shape index (κ2) is 9.23. The Hall–Kier alpha value is -1.14. The van der Waals surface area contributed by atoms with Crippen molar-refractivity contribution in [3.8, 4) is 0 Å². The summed E-state index contributed by atoms with van der Waals surface area (Å²) in [6.07, 6.45) is 5.99. The molecule has 0 amide bonds. The molecular weight excluding hydrogens is 332 g/mol. The SMILES string of the molecule is CCS(=O)C1CCCC(NC(=NC)NCc2ccc(Cl)nc2)C1. The number of aliphatic imine (C=N–C) groups is 1. The number of guanidine groups is 1. The van der Waals surface area contributed by atoms with E-state index in [2.05, 4.69) is 20.6 Å². The largest absolute Gasteiger partial charge is 0.354 e. The summed E-state index contributed by atoms with van der Waals surface area (Å²) in [5.41, 5.74) is 1.05. The topological polar surface area (TPSA) is 66.4 Å². The van der Waals surface area contributed by atoms with Crippen LogP contribution in [0.5, 0.6) is 0 Å². The van der Waals surface area contributed by atoms with Crippen molar-refractivity contribution in [1.29, 1.82) is 0 Å². The summed E-state index contributed by atoms with van der Waals surface area (Å²) in [5, 5.41) is 7.55. The highest BCUT2D eigenvalue weighted by molar-refractivity contribution is 7.85. The van der Waals surface area contributed by atoms with E-state index < -0.39 is 10.8 Å². The van der Waals surface area contributed by atoms with Gasteiger partial charge in [-0.2, -0.15) is 0 Å². The average Bonchev–Trinajstić information content (AvgIpc) is 2.59. The van der Waals surface area contributed by atoms with Crippen LogP contribution in [0, 0.1) is 0 Å². The third-order valence-corrected chi connectivity index (χ3v) is 6.06. The first-order chi connectivity index (χ1) is 11.1. The maximum Gasteiger partial charge on any atom is 0.191 e. The van der Waals surface area contributed by atoms with Gasteiger partial charge < -0.3 is 10.6 Å². The number of nitrogens with zero attached hydrogens (tertiary/aromatic N) is 2. The van der Waals surface area contributed by atoms with Gasteiger partial charge in [-0.05, 0) is 30.9 Å². The zero-order valence-electron chi connectivity index (χ0n) is 13.7. The van der Waals surface area contributed by atoms with Gasteiger partial charge in [-0.25, -0.2) is 4.98 Å². The molecule has 3 atom stereocenters. The van der Waals surface area contributed by atoms with Crippen molar-refractivity contribution >= 4 is 28.4 Å². The van der Waals surface area contributed by atoms with Crippen LogP contribution in [0.15, 0.2) is 23.3 Å². The summed E-state index contributed by atoms with van der Waals surface area (Å²) in [6.45, 7) is 2.63. The van der Waals surface area contributed by atoms with Gasteiger partial charge in [0, 0.05) is 47.6 Å². The Morgan fingerprint density at radius 1 is 1.48 bits per heavy atom. The van der Waals surface area contributed by atoms with E-state index in [0.29, 0.717) is 23.0 Å². The molecule has 1 fully saturated rings. The Balaban J connectivity index is 1.84. The van der Waals surface area contributed by atoms with E-state index in [0.717, 1.165) is 43.0 Å². The smallest absolute Gasteiger partial charge is 0.191 e. The summed E-state index contributed by atoms with van der Waals surface area (Å²) in [6, 6.07) is 4.05. The molecule has 128 valence electrons. The van der Waals surface area contributed by atoms with Crippen molar-refractivity contribution < 1.29 is 4.21 Å². The van der Waals surface area contributed by atoms with Gasteiger partial charge in [0.25, 0.3) is 0 Å². The van der Waals surface area contributed by atoms with E-state index in [4.69, 9.17) is 11.6 Å². The summed E-state index contributed by atoms with van der Waals surface area (Å²) < 4.78 is 12.0. The highest BCUT2D eigenvalue weighted by Gasteiger charge is 2.25. The molecule has 2 N–H and O–H groups in total. The van der Waals surface area contributed by atoms with Crippen molar-refractivity contribution in [1.82, 2.24) is 15.6 Å². The molecule has 0 spiro atoms. The van der Waals surface area contributed by atoms with E-state index in [-0.39, 0.29) is 0 Å². The summed E-state index contributed by atoms with van der Waals surface area (Å²) in [4.78, 5) is 8.35. The molecule has 7 heteroatoms. The molecule has 1 aliphatic carbocycles. The highest BCUT2D eigenvalue weighted by atomic mass is 35.5. The van der Waals surface area contributed by atoms with Gasteiger partial charge in [0.15, 0.2) is 5.96 Å². The predicted octanol–water partition coefficient (Wildman–Crippen LogP) is 2.48. The van der Waals surface area contributed by atoms with Crippen molar-refractivity contribution in [3.05, 3.63) is 29.0 Å². The Labute approximate surface area is 145 Å². The maximum absolute atomic E-state index is 12.0. The predicted molar refractivity (Wildman–Crippen MR) is 97.3 cm³/mol. The van der Waals surface area contributed by atoms with Gasteiger partial charge in [0.2, 0.25) is 0 Å². The van der Waals surface area contributed by atoms with Crippen LogP contribution in [0.1, 0.15) is 38.2 Å². The molecule has 23 heavy (non-hydrogen) atoms. The second-order valence-corrected chi connectivity index (χ2v) is 8.11. The molecule has 0 aliphatic heterocycles. The molecule has 0 aromatic carbocycles. The highest BCUT2D eigenvalue weighted by Crippen LogP contribution is 2.22. The molecule has 3 unspecified atom stereocenters. The number of nitrogens with one attached hydrogen (secondary N) is 2. The first-order valence-corrected chi connectivity index (χ1v) is 9.83. The molecule has 0 saturated heterocycles. The van der Waals surface area contributed by atoms with E-state index in [1.54, 1.807) is 19.3 Å². The third kappa shape index (κ3) is 5.77. The molecule has 1 saturated carbocycles. The Kier molecular flexibility index (Phi) is 7.30. The molecule has 2 rings (SSSR count). The fraction of sp³-hybridized carbons (Fsp3) is 0.625. The molecular formula is C16H25ClN4OS. The maximum atomic E-state index is 12.0. The van der Waals surface area contributed by atoms with Crippen LogP contribution in [0.25, 0.3) is 0 Å². The quantitative estimate of drug-likeness (QED) is 0.483. The first kappa shape index (κ1) is 18.2. The van der Waals surface area contributed by atoms with Gasteiger partial charge >= 0.3 is 0 Å². The van der Waals surface area contributed by atoms with Gasteiger partial charge in [-0.15, -0.1) is 0 Å². The minimum atomic E-state index is -0.708. The van der Waals surface area contributed by atoms with Gasteiger partial charge in [0.1, 0.15) is 5.15 Å². The van der Waals surface area contributed by atoms with Crippen LogP contribution >= 0.6 is 11.6 Å². The molecule has 1 aromatic rings. The third-order valence-electron chi connectivity index (χ3n) is 4.10. The molecule has 1 heterocycles. The fourth-order valence-corrected chi connectivity index (χ4v) is 4.30. The lowest BCUT2D eigenvalue weighted by molar-refractivity contribution is 0.413. The lowest BCUT2D eigenvalue weighted by Gasteiger charge is -2.30. The van der Waals surface area contributed by atoms with Crippen molar-refractivity contribution in [3.63, 3.8) is 0 Å². The van der Waals surface area contributed by atoms with Crippen molar-refractivity contribution in [2.75, 3.05) is 12.8 Å². The normalized spacial score (nSPS) is 23.3. The van der Waals surface area contributed by atoms with Crippen molar-refractivity contribution in [2.24, 2.45) is 4.99 Å². The minimum absolute atomic E-state index is 0.310. The summed E-state index contributed by atoms with van der Waals surface area (Å²) in [7, 11) is 1.06. The van der Waals surface area contributed by atoms with E-state index in [1.807, 2.05) is 13.0 Å².